The third-order valence-corrected chi connectivity index (χ3v) is 2.31. The first-order valence-electron chi connectivity index (χ1n) is 5.27. The molecule has 0 aliphatic carbocycles. The molecule has 1 aromatic heterocycles. The van der Waals surface area contributed by atoms with Crippen LogP contribution in [0.1, 0.15) is 22.3 Å². The predicted octanol–water partition coefficient (Wildman–Crippen LogP) is 3.27. The van der Waals surface area contributed by atoms with Crippen LogP contribution < -0.4 is 5.32 Å². The zero-order valence-corrected chi connectivity index (χ0v) is 9.31. The lowest BCUT2D eigenvalue weighted by Crippen LogP contribution is -2.12. The summed E-state index contributed by atoms with van der Waals surface area (Å²) in [6, 6.07) is 10.9. The van der Waals surface area contributed by atoms with Crippen LogP contribution in [-0.2, 0) is 0 Å². The van der Waals surface area contributed by atoms with E-state index in [0.29, 0.717) is 5.56 Å². The van der Waals surface area contributed by atoms with Crippen molar-refractivity contribution in [1.29, 1.82) is 0 Å². The number of hydrogen-bond donors (Lipinski definition) is 1. The van der Waals surface area contributed by atoms with Gasteiger partial charge in [-0.3, -0.25) is 4.79 Å². The van der Waals surface area contributed by atoms with Gasteiger partial charge >= 0.3 is 0 Å². The summed E-state index contributed by atoms with van der Waals surface area (Å²) >= 11 is 0. The van der Waals surface area contributed by atoms with Crippen LogP contribution in [0.3, 0.4) is 0 Å². The summed E-state index contributed by atoms with van der Waals surface area (Å²) in [5.41, 5.74) is 0.273. The number of nitrogens with one attached hydrogen (secondary N) is 1. The molecule has 3 nitrogen and oxygen atoms in total. The molecule has 0 spiro atoms. The van der Waals surface area contributed by atoms with Crippen molar-refractivity contribution >= 4 is 11.7 Å². The number of hydrogen-bond acceptors (Lipinski definition) is 2. The molecule has 0 aliphatic rings. The van der Waals surface area contributed by atoms with E-state index in [1.54, 1.807) is 30.3 Å². The minimum atomic E-state index is -2.58. The number of aromatic nitrogens is 1. The van der Waals surface area contributed by atoms with Crippen molar-refractivity contribution in [2.24, 2.45) is 0 Å². The van der Waals surface area contributed by atoms with E-state index in [1.165, 1.54) is 12.3 Å². The van der Waals surface area contributed by atoms with Gasteiger partial charge in [0.1, 0.15) is 5.82 Å². The van der Waals surface area contributed by atoms with Gasteiger partial charge in [0.05, 0.1) is 0 Å². The van der Waals surface area contributed by atoms with E-state index in [0.717, 1.165) is 6.07 Å². The minimum Gasteiger partial charge on any atom is -0.307 e. The Bertz CT molecular complexity index is 544. The Morgan fingerprint density at radius 2 is 1.89 bits per heavy atom. The standard InChI is InChI=1S/C13H10F2N2O/c14-12(15)10-6-7-16-11(8-10)17-13(18)9-4-2-1-3-5-9/h1-8,12H,(H,16,17,18). The third kappa shape index (κ3) is 2.88. The lowest BCUT2D eigenvalue weighted by molar-refractivity contribution is 0.102. The Balaban J connectivity index is 2.15. The smallest absolute Gasteiger partial charge is 0.264 e. The van der Waals surface area contributed by atoms with Crippen molar-refractivity contribution in [1.82, 2.24) is 4.98 Å². The fourth-order valence-corrected chi connectivity index (χ4v) is 1.43. The predicted molar refractivity (Wildman–Crippen MR) is 63.6 cm³/mol. The molecular formula is C13H10F2N2O. The van der Waals surface area contributed by atoms with Crippen LogP contribution in [0, 0.1) is 0 Å². The van der Waals surface area contributed by atoms with Gasteiger partial charge in [0.2, 0.25) is 0 Å². The fraction of sp³-hybridized carbons (Fsp3) is 0.0769. The second kappa shape index (κ2) is 5.35. The normalized spacial score (nSPS) is 10.4. The largest absolute Gasteiger partial charge is 0.307 e. The molecule has 1 N–H and O–H groups in total. The summed E-state index contributed by atoms with van der Waals surface area (Å²) in [4.78, 5) is 15.6. The minimum absolute atomic E-state index is 0.113. The average Bonchev–Trinajstić information content (AvgIpc) is 2.40. The lowest BCUT2D eigenvalue weighted by Gasteiger charge is -2.06. The van der Waals surface area contributed by atoms with E-state index in [9.17, 15) is 13.6 Å². The van der Waals surface area contributed by atoms with E-state index < -0.39 is 6.43 Å². The van der Waals surface area contributed by atoms with Gasteiger partial charge in [0.15, 0.2) is 0 Å². The number of benzene rings is 1. The number of rotatable bonds is 3. The van der Waals surface area contributed by atoms with Gasteiger partial charge in [0.25, 0.3) is 12.3 Å². The quantitative estimate of drug-likeness (QED) is 0.905. The number of amides is 1. The molecule has 0 fully saturated rings. The number of anilines is 1. The zero-order valence-electron chi connectivity index (χ0n) is 9.31. The molecular weight excluding hydrogens is 238 g/mol. The van der Waals surface area contributed by atoms with E-state index in [2.05, 4.69) is 10.3 Å². The highest BCUT2D eigenvalue weighted by Crippen LogP contribution is 2.20. The Morgan fingerprint density at radius 1 is 1.17 bits per heavy atom. The molecule has 1 aromatic carbocycles. The van der Waals surface area contributed by atoms with Crippen LogP contribution >= 0.6 is 0 Å². The molecule has 2 rings (SSSR count). The number of halogens is 2. The Hall–Kier alpha value is -2.30. The molecule has 0 atom stereocenters. The first-order chi connectivity index (χ1) is 8.66. The number of carbonyl (C=O) groups excluding carboxylic acids is 1. The number of nitrogens with zero attached hydrogens (tertiary/aromatic N) is 1. The maximum atomic E-state index is 12.5. The van der Waals surface area contributed by atoms with Crippen molar-refractivity contribution in [3.63, 3.8) is 0 Å². The van der Waals surface area contributed by atoms with E-state index in [1.807, 2.05) is 0 Å². The van der Waals surface area contributed by atoms with Crippen molar-refractivity contribution in [3.8, 4) is 0 Å². The van der Waals surface area contributed by atoms with Crippen LogP contribution in [0.15, 0.2) is 48.7 Å². The lowest BCUT2D eigenvalue weighted by atomic mass is 10.2. The molecule has 5 heteroatoms. The zero-order chi connectivity index (χ0) is 13.0. The molecule has 0 aliphatic heterocycles. The summed E-state index contributed by atoms with van der Waals surface area (Å²) in [5, 5.41) is 2.47. The van der Waals surface area contributed by atoms with Crippen LogP contribution in [0.2, 0.25) is 0 Å². The van der Waals surface area contributed by atoms with Crippen molar-refractivity contribution in [2.75, 3.05) is 5.32 Å². The Labute approximate surface area is 102 Å². The fourth-order valence-electron chi connectivity index (χ4n) is 1.43. The maximum Gasteiger partial charge on any atom is 0.264 e. The van der Waals surface area contributed by atoms with Gasteiger partial charge in [-0.2, -0.15) is 0 Å². The molecule has 0 bridgehead atoms. The van der Waals surface area contributed by atoms with Crippen molar-refractivity contribution in [2.45, 2.75) is 6.43 Å². The van der Waals surface area contributed by atoms with Crippen LogP contribution in [0.25, 0.3) is 0 Å². The highest BCUT2D eigenvalue weighted by molar-refractivity contribution is 6.03. The highest BCUT2D eigenvalue weighted by atomic mass is 19.3. The first kappa shape index (κ1) is 12.2. The summed E-state index contributed by atoms with van der Waals surface area (Å²) in [5.74, 6) is -0.267. The molecule has 0 radical (unpaired) electrons. The molecule has 0 saturated heterocycles. The van der Waals surface area contributed by atoms with Gasteiger partial charge in [-0.15, -0.1) is 0 Å². The third-order valence-electron chi connectivity index (χ3n) is 2.31. The van der Waals surface area contributed by atoms with Gasteiger partial charge in [-0.25, -0.2) is 13.8 Å². The average molecular weight is 248 g/mol. The summed E-state index contributed by atoms with van der Waals surface area (Å²) < 4.78 is 24.9. The van der Waals surface area contributed by atoms with E-state index in [4.69, 9.17) is 0 Å². The summed E-state index contributed by atoms with van der Waals surface area (Å²) in [6.07, 6.45) is -1.34. The topological polar surface area (TPSA) is 42.0 Å². The van der Waals surface area contributed by atoms with Gasteiger partial charge in [-0.1, -0.05) is 18.2 Å². The molecule has 0 unspecified atom stereocenters. The first-order valence-corrected chi connectivity index (χ1v) is 5.27. The molecule has 0 saturated carbocycles. The maximum absolute atomic E-state index is 12.5. The monoisotopic (exact) mass is 248 g/mol. The SMILES string of the molecule is O=C(Nc1cc(C(F)F)ccn1)c1ccccc1. The second-order valence-electron chi connectivity index (χ2n) is 3.60. The number of carbonyl (C=O) groups is 1. The van der Waals surface area contributed by atoms with Crippen molar-refractivity contribution in [3.05, 3.63) is 59.8 Å². The molecule has 1 amide bonds. The van der Waals surface area contributed by atoms with Crippen molar-refractivity contribution < 1.29 is 13.6 Å². The summed E-state index contributed by atoms with van der Waals surface area (Å²) in [6.45, 7) is 0. The highest BCUT2D eigenvalue weighted by Gasteiger charge is 2.10. The van der Waals surface area contributed by atoms with Crippen LogP contribution in [-0.4, -0.2) is 10.9 Å². The van der Waals surface area contributed by atoms with Gasteiger partial charge in [0, 0.05) is 17.3 Å². The second-order valence-corrected chi connectivity index (χ2v) is 3.60. The Morgan fingerprint density at radius 3 is 2.56 bits per heavy atom. The van der Waals surface area contributed by atoms with Gasteiger partial charge in [-0.05, 0) is 24.3 Å². The van der Waals surface area contributed by atoms with Crippen LogP contribution in [0.4, 0.5) is 14.6 Å². The van der Waals surface area contributed by atoms with E-state index >= 15 is 0 Å². The Kier molecular flexibility index (Phi) is 3.62. The number of alkyl halides is 2. The van der Waals surface area contributed by atoms with Crippen LogP contribution in [0.5, 0.6) is 0 Å². The molecule has 92 valence electrons. The summed E-state index contributed by atoms with van der Waals surface area (Å²) in [7, 11) is 0. The van der Waals surface area contributed by atoms with Gasteiger partial charge < -0.3 is 5.32 Å². The molecule has 2 aromatic rings. The number of pyridine rings is 1. The molecule has 1 heterocycles. The molecule has 18 heavy (non-hydrogen) atoms. The van der Waals surface area contributed by atoms with E-state index in [-0.39, 0.29) is 17.3 Å².